The summed E-state index contributed by atoms with van der Waals surface area (Å²) < 4.78 is 0. The fraction of sp³-hybridized carbons (Fsp3) is 0.400. The highest BCUT2D eigenvalue weighted by atomic mass is 32.1. The van der Waals surface area contributed by atoms with Crippen LogP contribution in [-0.4, -0.2) is 4.98 Å². The maximum atomic E-state index is 4.36. The van der Waals surface area contributed by atoms with Gasteiger partial charge in [-0.3, -0.25) is 0 Å². The number of nitrogens with one attached hydrogen (secondary N) is 1. The van der Waals surface area contributed by atoms with Crippen LogP contribution in [0.4, 0.5) is 0 Å². The van der Waals surface area contributed by atoms with E-state index in [1.807, 2.05) is 6.20 Å². The van der Waals surface area contributed by atoms with Crippen molar-refractivity contribution >= 4 is 24.8 Å². The largest absolute Gasteiger partial charge is 0.360 e. The number of H-pyrrole nitrogens is 1. The molecule has 0 amide bonds. The summed E-state index contributed by atoms with van der Waals surface area (Å²) in [6, 6.07) is 0. The molecule has 1 aromatic heterocycles. The van der Waals surface area contributed by atoms with Gasteiger partial charge in [-0.2, -0.15) is 0 Å². The summed E-state index contributed by atoms with van der Waals surface area (Å²) in [5.74, 6) is 0. The Bertz CT molecular complexity index is 412. The second-order valence-electron chi connectivity index (χ2n) is 4.04. The van der Waals surface area contributed by atoms with E-state index in [1.165, 1.54) is 10.6 Å². The minimum atomic E-state index is 0.290. The van der Waals surface area contributed by atoms with Crippen molar-refractivity contribution in [3.8, 4) is 0 Å². The summed E-state index contributed by atoms with van der Waals surface area (Å²) >= 11 is 4.36. The van der Waals surface area contributed by atoms with Crippen LogP contribution >= 0.6 is 12.6 Å². The lowest BCUT2D eigenvalue weighted by Crippen LogP contribution is -2.31. The summed E-state index contributed by atoms with van der Waals surface area (Å²) in [7, 11) is 0. The molecular formula is C10H13NS. The molecule has 1 nitrogen and oxygen atoms in total. The number of thiol groups is 1. The zero-order chi connectivity index (χ0) is 8.77. The number of fused-ring (bicyclic) bond motifs is 1. The van der Waals surface area contributed by atoms with Gasteiger partial charge in [0, 0.05) is 21.7 Å². The first-order chi connectivity index (χ1) is 5.58. The second kappa shape index (κ2) is 2.43. The van der Waals surface area contributed by atoms with Gasteiger partial charge >= 0.3 is 0 Å². The normalized spacial score (nSPS) is 19.2. The highest BCUT2D eigenvalue weighted by Gasteiger charge is 2.16. The van der Waals surface area contributed by atoms with Crippen LogP contribution < -0.4 is 10.6 Å². The van der Waals surface area contributed by atoms with E-state index < -0.39 is 0 Å². The first-order valence-corrected chi connectivity index (χ1v) is 4.63. The SMILES string of the molecule is CC1(C)C=c2[nH]cc(S)c2=CC1. The van der Waals surface area contributed by atoms with Crippen LogP contribution in [-0.2, 0) is 0 Å². The molecule has 1 aromatic rings. The first-order valence-electron chi connectivity index (χ1n) is 4.18. The first kappa shape index (κ1) is 7.99. The van der Waals surface area contributed by atoms with Gasteiger partial charge in [0.25, 0.3) is 0 Å². The third-order valence-corrected chi connectivity index (χ3v) is 2.67. The molecule has 2 rings (SSSR count). The van der Waals surface area contributed by atoms with Crippen molar-refractivity contribution in [3.63, 3.8) is 0 Å². The van der Waals surface area contributed by atoms with Gasteiger partial charge < -0.3 is 4.98 Å². The molecule has 64 valence electrons. The number of hydrogen-bond acceptors (Lipinski definition) is 1. The molecule has 0 radical (unpaired) electrons. The lowest BCUT2D eigenvalue weighted by molar-refractivity contribution is 0.533. The van der Waals surface area contributed by atoms with Gasteiger partial charge in [-0.1, -0.05) is 26.0 Å². The van der Waals surface area contributed by atoms with Crippen LogP contribution in [0.15, 0.2) is 11.1 Å². The minimum Gasteiger partial charge on any atom is -0.360 e. The average molecular weight is 179 g/mol. The van der Waals surface area contributed by atoms with Gasteiger partial charge in [0.1, 0.15) is 0 Å². The van der Waals surface area contributed by atoms with E-state index in [-0.39, 0.29) is 5.41 Å². The van der Waals surface area contributed by atoms with Crippen LogP contribution in [0.3, 0.4) is 0 Å². The van der Waals surface area contributed by atoms with Crippen molar-refractivity contribution in [1.29, 1.82) is 0 Å². The van der Waals surface area contributed by atoms with Crippen molar-refractivity contribution < 1.29 is 0 Å². The van der Waals surface area contributed by atoms with Crippen LogP contribution in [0, 0.1) is 5.41 Å². The topological polar surface area (TPSA) is 15.8 Å². The monoisotopic (exact) mass is 179 g/mol. The molecular weight excluding hydrogens is 166 g/mol. The molecule has 1 aliphatic carbocycles. The van der Waals surface area contributed by atoms with Gasteiger partial charge in [0.2, 0.25) is 0 Å². The second-order valence-corrected chi connectivity index (χ2v) is 4.52. The van der Waals surface area contributed by atoms with E-state index in [1.54, 1.807) is 0 Å². The highest BCUT2D eigenvalue weighted by molar-refractivity contribution is 7.80. The predicted octanol–water partition coefficient (Wildman–Crippen LogP) is 1.29. The summed E-state index contributed by atoms with van der Waals surface area (Å²) in [6.45, 7) is 4.48. The van der Waals surface area contributed by atoms with Gasteiger partial charge in [0.05, 0.1) is 0 Å². The highest BCUT2D eigenvalue weighted by Crippen LogP contribution is 2.23. The smallest absolute Gasteiger partial charge is 0.0427 e. The fourth-order valence-electron chi connectivity index (χ4n) is 1.59. The van der Waals surface area contributed by atoms with E-state index in [9.17, 15) is 0 Å². The molecule has 0 aliphatic heterocycles. The molecule has 0 spiro atoms. The van der Waals surface area contributed by atoms with Crippen LogP contribution in [0.25, 0.3) is 12.2 Å². The molecule has 0 fully saturated rings. The summed E-state index contributed by atoms with van der Waals surface area (Å²) in [6.07, 6.45) is 7.59. The Hall–Kier alpha value is -0.630. The van der Waals surface area contributed by atoms with Gasteiger partial charge in [0.15, 0.2) is 0 Å². The Morgan fingerprint density at radius 1 is 1.50 bits per heavy atom. The Morgan fingerprint density at radius 2 is 2.25 bits per heavy atom. The van der Waals surface area contributed by atoms with Crippen LogP contribution in [0.1, 0.15) is 20.3 Å². The van der Waals surface area contributed by atoms with E-state index >= 15 is 0 Å². The molecule has 1 heterocycles. The fourth-order valence-corrected chi connectivity index (χ4v) is 1.86. The molecule has 1 N–H and O–H groups in total. The van der Waals surface area contributed by atoms with Crippen LogP contribution in [0.2, 0.25) is 0 Å². The summed E-state index contributed by atoms with van der Waals surface area (Å²) in [5, 5.41) is 2.48. The number of aromatic amines is 1. The summed E-state index contributed by atoms with van der Waals surface area (Å²) in [4.78, 5) is 4.27. The minimum absolute atomic E-state index is 0.290. The molecule has 0 bridgehead atoms. The van der Waals surface area contributed by atoms with Crippen molar-refractivity contribution in [2.24, 2.45) is 5.41 Å². The lowest BCUT2D eigenvalue weighted by atomic mass is 9.86. The molecule has 0 aromatic carbocycles. The van der Waals surface area contributed by atoms with Crippen molar-refractivity contribution in [3.05, 3.63) is 16.8 Å². The van der Waals surface area contributed by atoms with Crippen molar-refractivity contribution in [2.45, 2.75) is 25.2 Å². The van der Waals surface area contributed by atoms with E-state index in [0.29, 0.717) is 0 Å². The van der Waals surface area contributed by atoms with Gasteiger partial charge in [-0.25, -0.2) is 0 Å². The van der Waals surface area contributed by atoms with E-state index in [2.05, 4.69) is 43.6 Å². The lowest BCUT2D eigenvalue weighted by Gasteiger charge is -2.19. The Balaban J connectivity index is 2.74. The number of aromatic nitrogens is 1. The zero-order valence-electron chi connectivity index (χ0n) is 7.39. The molecule has 0 unspecified atom stereocenters. The predicted molar refractivity (Wildman–Crippen MR) is 54.6 cm³/mol. The average Bonchev–Trinajstić information content (AvgIpc) is 2.30. The zero-order valence-corrected chi connectivity index (χ0v) is 8.28. The van der Waals surface area contributed by atoms with Crippen molar-refractivity contribution in [1.82, 2.24) is 4.98 Å². The van der Waals surface area contributed by atoms with E-state index in [0.717, 1.165) is 11.3 Å². The molecule has 0 saturated heterocycles. The number of rotatable bonds is 0. The van der Waals surface area contributed by atoms with E-state index in [4.69, 9.17) is 0 Å². The van der Waals surface area contributed by atoms with Gasteiger partial charge in [-0.15, -0.1) is 12.6 Å². The maximum Gasteiger partial charge on any atom is 0.0427 e. The third kappa shape index (κ3) is 1.20. The molecule has 0 saturated carbocycles. The number of hydrogen-bond donors (Lipinski definition) is 2. The molecule has 1 aliphatic rings. The summed E-state index contributed by atoms with van der Waals surface area (Å²) in [5.41, 5.74) is 0.290. The molecule has 0 atom stereocenters. The maximum absolute atomic E-state index is 4.36. The standard InChI is InChI=1S/C10H13NS/c1-10(2)4-3-7-8(5-10)11-6-9(7)12/h3,5-6,11-12H,4H2,1-2H3. The Kier molecular flexibility index (Phi) is 1.62. The quantitative estimate of drug-likeness (QED) is 0.558. The van der Waals surface area contributed by atoms with Gasteiger partial charge in [-0.05, 0) is 11.8 Å². The molecule has 2 heteroatoms. The van der Waals surface area contributed by atoms with Crippen molar-refractivity contribution in [2.75, 3.05) is 0 Å². The third-order valence-electron chi connectivity index (χ3n) is 2.30. The van der Waals surface area contributed by atoms with Crippen LogP contribution in [0.5, 0.6) is 0 Å². The molecule has 12 heavy (non-hydrogen) atoms. The Morgan fingerprint density at radius 3 is 3.00 bits per heavy atom. The Labute approximate surface area is 77.6 Å².